The number of amides is 1. The van der Waals surface area contributed by atoms with Gasteiger partial charge in [-0.15, -0.1) is 11.3 Å². The number of carbonyl (C=O) groups excluding carboxylic acids is 1. The highest BCUT2D eigenvalue weighted by molar-refractivity contribution is 9.11. The number of carbonyl (C=O) groups is 1. The summed E-state index contributed by atoms with van der Waals surface area (Å²) in [6.07, 6.45) is 2.73. The Hall–Kier alpha value is -0.460. The molecule has 0 aliphatic carbocycles. The Morgan fingerprint density at radius 3 is 3.00 bits per heavy atom. The smallest absolute Gasteiger partial charge is 0.233 e. The summed E-state index contributed by atoms with van der Waals surface area (Å²) in [4.78, 5) is 15.6. The Morgan fingerprint density at radius 2 is 2.44 bits per heavy atom. The normalized spacial score (nSPS) is 12.4. The molecule has 0 spiro atoms. The van der Waals surface area contributed by atoms with E-state index in [1.807, 2.05) is 13.8 Å². The van der Waals surface area contributed by atoms with E-state index in [2.05, 4.69) is 31.5 Å². The minimum Gasteiger partial charge on any atom is -0.355 e. The molecule has 1 atom stereocenters. The van der Waals surface area contributed by atoms with Crippen molar-refractivity contribution in [2.45, 2.75) is 26.3 Å². The highest BCUT2D eigenvalue weighted by Crippen LogP contribution is 2.23. The molecule has 1 aromatic heterocycles. The van der Waals surface area contributed by atoms with Gasteiger partial charge in [0.2, 0.25) is 5.91 Å². The zero-order valence-electron chi connectivity index (χ0n) is 9.42. The van der Waals surface area contributed by atoms with Crippen molar-refractivity contribution in [3.8, 4) is 0 Å². The van der Waals surface area contributed by atoms with Crippen LogP contribution in [0, 0.1) is 0 Å². The zero-order valence-corrected chi connectivity index (χ0v) is 11.8. The molecule has 0 radical (unpaired) electrons. The number of nitrogens with one attached hydrogen (secondary N) is 2. The summed E-state index contributed by atoms with van der Waals surface area (Å²) >= 11 is 4.94. The number of nitrogens with zero attached hydrogens (tertiary/aromatic N) is 1. The first-order valence-corrected chi connectivity index (χ1v) is 6.85. The summed E-state index contributed by atoms with van der Waals surface area (Å²) in [7, 11) is 0. The van der Waals surface area contributed by atoms with E-state index < -0.39 is 0 Å². The second-order valence-electron chi connectivity index (χ2n) is 3.46. The monoisotopic (exact) mass is 305 g/mol. The summed E-state index contributed by atoms with van der Waals surface area (Å²) in [5, 5.41) is 6.93. The van der Waals surface area contributed by atoms with Crippen molar-refractivity contribution in [2.24, 2.45) is 0 Å². The van der Waals surface area contributed by atoms with Gasteiger partial charge < -0.3 is 5.32 Å². The number of aromatic nitrogens is 1. The summed E-state index contributed by atoms with van der Waals surface area (Å²) in [5.41, 5.74) is 0. The molecule has 0 saturated heterocycles. The fraction of sp³-hybridized carbons (Fsp3) is 0.600. The molecule has 0 saturated carbocycles. The minimum atomic E-state index is 0.0318. The number of hydrogen-bond donors (Lipinski definition) is 2. The van der Waals surface area contributed by atoms with Gasteiger partial charge in [-0.2, -0.15) is 0 Å². The average molecular weight is 306 g/mol. The third kappa shape index (κ3) is 4.59. The van der Waals surface area contributed by atoms with E-state index in [0.29, 0.717) is 6.54 Å². The molecule has 4 nitrogen and oxygen atoms in total. The lowest BCUT2D eigenvalue weighted by Crippen LogP contribution is -2.35. The van der Waals surface area contributed by atoms with Crippen LogP contribution in [0.25, 0.3) is 0 Å². The van der Waals surface area contributed by atoms with Crippen LogP contribution < -0.4 is 10.6 Å². The number of halogens is 1. The second-order valence-corrected chi connectivity index (χ2v) is 5.90. The van der Waals surface area contributed by atoms with Gasteiger partial charge in [-0.05, 0) is 29.3 Å². The van der Waals surface area contributed by atoms with Crippen molar-refractivity contribution in [1.82, 2.24) is 15.6 Å². The van der Waals surface area contributed by atoms with Gasteiger partial charge in [-0.3, -0.25) is 10.1 Å². The zero-order chi connectivity index (χ0) is 12.0. The molecule has 0 bridgehead atoms. The van der Waals surface area contributed by atoms with E-state index in [4.69, 9.17) is 0 Å². The first kappa shape index (κ1) is 13.6. The van der Waals surface area contributed by atoms with E-state index >= 15 is 0 Å². The van der Waals surface area contributed by atoms with Gasteiger partial charge in [0.05, 0.1) is 22.6 Å². The van der Waals surface area contributed by atoms with Crippen LogP contribution in [-0.2, 0) is 4.79 Å². The molecule has 6 heteroatoms. The summed E-state index contributed by atoms with van der Waals surface area (Å²) in [6.45, 7) is 5.10. The topological polar surface area (TPSA) is 54.0 Å². The largest absolute Gasteiger partial charge is 0.355 e. The molecule has 2 N–H and O–H groups in total. The number of thiazole rings is 1. The predicted molar refractivity (Wildman–Crippen MR) is 69.5 cm³/mol. The van der Waals surface area contributed by atoms with E-state index in [1.54, 1.807) is 17.5 Å². The maximum Gasteiger partial charge on any atom is 0.233 e. The van der Waals surface area contributed by atoms with Gasteiger partial charge >= 0.3 is 0 Å². The Balaban J connectivity index is 2.29. The van der Waals surface area contributed by atoms with E-state index in [-0.39, 0.29) is 11.9 Å². The van der Waals surface area contributed by atoms with Crippen molar-refractivity contribution in [1.29, 1.82) is 0 Å². The molecule has 90 valence electrons. The van der Waals surface area contributed by atoms with Crippen LogP contribution in [0.1, 0.15) is 31.3 Å². The Morgan fingerprint density at radius 1 is 1.69 bits per heavy atom. The van der Waals surface area contributed by atoms with Crippen molar-refractivity contribution in [2.75, 3.05) is 13.1 Å². The molecule has 1 amide bonds. The Bertz CT molecular complexity index is 343. The Labute approximate surface area is 108 Å². The van der Waals surface area contributed by atoms with Crippen LogP contribution in [0.2, 0.25) is 0 Å². The maximum absolute atomic E-state index is 11.3. The lowest BCUT2D eigenvalue weighted by atomic mass is 10.3. The summed E-state index contributed by atoms with van der Waals surface area (Å²) < 4.78 is 1.01. The molecule has 1 heterocycles. The highest BCUT2D eigenvalue weighted by atomic mass is 79.9. The summed E-state index contributed by atoms with van der Waals surface area (Å²) in [6, 6.07) is 0.101. The molecule has 1 rings (SSSR count). The van der Waals surface area contributed by atoms with Crippen LogP contribution in [-0.4, -0.2) is 24.0 Å². The van der Waals surface area contributed by atoms with Crippen molar-refractivity contribution < 1.29 is 4.79 Å². The number of hydrogen-bond acceptors (Lipinski definition) is 4. The third-order valence-electron chi connectivity index (χ3n) is 2.01. The van der Waals surface area contributed by atoms with E-state index in [0.717, 1.165) is 21.8 Å². The fourth-order valence-electron chi connectivity index (χ4n) is 1.13. The second kappa shape index (κ2) is 6.98. The molecule has 16 heavy (non-hydrogen) atoms. The summed E-state index contributed by atoms with van der Waals surface area (Å²) in [5.74, 6) is 0.0318. The Kier molecular flexibility index (Phi) is 5.94. The molecular weight excluding hydrogens is 290 g/mol. The van der Waals surface area contributed by atoms with Crippen LogP contribution in [0.15, 0.2) is 9.98 Å². The van der Waals surface area contributed by atoms with E-state index in [9.17, 15) is 4.79 Å². The van der Waals surface area contributed by atoms with Crippen molar-refractivity contribution in [3.63, 3.8) is 0 Å². The van der Waals surface area contributed by atoms with Crippen LogP contribution in [0.3, 0.4) is 0 Å². The molecule has 1 aromatic rings. The van der Waals surface area contributed by atoms with E-state index in [1.165, 1.54) is 0 Å². The fourth-order valence-corrected chi connectivity index (χ4v) is 2.40. The quantitative estimate of drug-likeness (QED) is 0.846. The van der Waals surface area contributed by atoms with Crippen molar-refractivity contribution in [3.05, 3.63) is 15.0 Å². The van der Waals surface area contributed by atoms with Gasteiger partial charge in [0.1, 0.15) is 5.01 Å². The van der Waals surface area contributed by atoms with Gasteiger partial charge in [-0.25, -0.2) is 4.98 Å². The van der Waals surface area contributed by atoms with Gasteiger partial charge in [0.25, 0.3) is 0 Å². The minimum absolute atomic E-state index is 0.0318. The first-order chi connectivity index (χ1) is 7.63. The maximum atomic E-state index is 11.3. The van der Waals surface area contributed by atoms with Gasteiger partial charge in [-0.1, -0.05) is 6.92 Å². The average Bonchev–Trinajstić information content (AvgIpc) is 2.69. The molecule has 0 aliphatic rings. The standard InChI is InChI=1S/C10H16BrN3OS/c1-3-4-12-9(15)6-13-7(2)10-14-5-8(11)16-10/h5,7,13H,3-4,6H2,1-2H3,(H,12,15). The number of rotatable bonds is 6. The van der Waals surface area contributed by atoms with Gasteiger partial charge in [0, 0.05) is 6.54 Å². The molecule has 0 aliphatic heterocycles. The predicted octanol–water partition coefficient (Wildman–Crippen LogP) is 2.08. The SMILES string of the molecule is CCCNC(=O)CNC(C)c1ncc(Br)s1. The molecular formula is C10H16BrN3OS. The lowest BCUT2D eigenvalue weighted by molar-refractivity contribution is -0.120. The van der Waals surface area contributed by atoms with Gasteiger partial charge in [0.15, 0.2) is 0 Å². The van der Waals surface area contributed by atoms with Crippen molar-refractivity contribution >= 4 is 33.2 Å². The molecule has 1 unspecified atom stereocenters. The molecule has 0 fully saturated rings. The first-order valence-electron chi connectivity index (χ1n) is 5.24. The van der Waals surface area contributed by atoms with Crippen LogP contribution in [0.4, 0.5) is 0 Å². The highest BCUT2D eigenvalue weighted by Gasteiger charge is 2.10. The van der Waals surface area contributed by atoms with Crippen LogP contribution >= 0.6 is 27.3 Å². The lowest BCUT2D eigenvalue weighted by Gasteiger charge is -2.10. The van der Waals surface area contributed by atoms with Crippen LogP contribution in [0.5, 0.6) is 0 Å². The third-order valence-corrected chi connectivity index (χ3v) is 3.67. The molecule has 0 aromatic carbocycles.